The van der Waals surface area contributed by atoms with Gasteiger partial charge in [-0.25, -0.2) is 4.79 Å². The number of carbonyl (C=O) groups excluding carboxylic acids is 1. The molecule has 15 heavy (non-hydrogen) atoms. The molecule has 0 heterocycles. The SMILES string of the molecule is C=CC(=O)NCCCCCC.O=C(O)O. The Morgan fingerprint density at radius 3 is 2.20 bits per heavy atom. The summed E-state index contributed by atoms with van der Waals surface area (Å²) in [6.45, 7) is 6.32. The van der Waals surface area contributed by atoms with Gasteiger partial charge in [-0.3, -0.25) is 4.79 Å². The fourth-order valence-electron chi connectivity index (χ4n) is 0.836. The number of hydrogen-bond donors (Lipinski definition) is 3. The first-order chi connectivity index (χ1) is 7.04. The Labute approximate surface area is 89.8 Å². The summed E-state index contributed by atoms with van der Waals surface area (Å²) in [7, 11) is 0. The molecule has 0 rings (SSSR count). The summed E-state index contributed by atoms with van der Waals surface area (Å²) in [6.07, 6.45) is 4.24. The van der Waals surface area contributed by atoms with E-state index in [9.17, 15) is 4.79 Å². The average molecular weight is 217 g/mol. The summed E-state index contributed by atoms with van der Waals surface area (Å²) in [5.74, 6) is -0.0681. The quantitative estimate of drug-likeness (QED) is 0.469. The van der Waals surface area contributed by atoms with E-state index in [0.717, 1.165) is 13.0 Å². The minimum atomic E-state index is -1.83. The Balaban J connectivity index is 0. The van der Waals surface area contributed by atoms with E-state index in [1.165, 1.54) is 25.3 Å². The first kappa shape index (κ1) is 15.9. The van der Waals surface area contributed by atoms with Crippen molar-refractivity contribution >= 4 is 12.1 Å². The molecule has 0 aromatic carbocycles. The number of amides is 1. The minimum Gasteiger partial charge on any atom is -0.450 e. The Hall–Kier alpha value is -1.52. The molecule has 0 aromatic rings. The second-order valence-corrected chi connectivity index (χ2v) is 2.84. The van der Waals surface area contributed by atoms with Crippen molar-refractivity contribution in [2.75, 3.05) is 6.54 Å². The lowest BCUT2D eigenvalue weighted by molar-refractivity contribution is -0.116. The van der Waals surface area contributed by atoms with Gasteiger partial charge in [0.25, 0.3) is 0 Å². The maximum atomic E-state index is 10.6. The minimum absolute atomic E-state index is 0.0681. The standard InChI is InChI=1S/C9H17NO.CH2O3/c1-3-5-6-7-8-10-9(11)4-2;2-1(3)4/h4H,2-3,5-8H2,1H3,(H,10,11);(H2,2,3,4). The van der Waals surface area contributed by atoms with E-state index in [1.807, 2.05) is 0 Å². The van der Waals surface area contributed by atoms with E-state index in [4.69, 9.17) is 15.0 Å². The average Bonchev–Trinajstić information content (AvgIpc) is 2.16. The molecule has 0 aliphatic carbocycles. The Bertz CT molecular complexity index is 188. The highest BCUT2D eigenvalue weighted by molar-refractivity contribution is 5.86. The van der Waals surface area contributed by atoms with Crippen molar-refractivity contribution in [3.05, 3.63) is 12.7 Å². The van der Waals surface area contributed by atoms with Crippen molar-refractivity contribution in [1.82, 2.24) is 5.32 Å². The number of hydrogen-bond acceptors (Lipinski definition) is 2. The molecule has 0 aliphatic rings. The number of carbonyl (C=O) groups is 2. The summed E-state index contributed by atoms with van der Waals surface area (Å²) in [4.78, 5) is 19.2. The van der Waals surface area contributed by atoms with E-state index in [2.05, 4.69) is 18.8 Å². The molecule has 0 aromatic heterocycles. The van der Waals surface area contributed by atoms with Crippen molar-refractivity contribution < 1.29 is 19.8 Å². The van der Waals surface area contributed by atoms with Crippen LogP contribution >= 0.6 is 0 Å². The molecule has 5 heteroatoms. The third-order valence-corrected chi connectivity index (χ3v) is 1.51. The third-order valence-electron chi connectivity index (χ3n) is 1.51. The number of rotatable bonds is 6. The molecule has 5 nitrogen and oxygen atoms in total. The predicted octanol–water partition coefficient (Wildman–Crippen LogP) is 2.09. The van der Waals surface area contributed by atoms with E-state index in [1.54, 1.807) is 0 Å². The fraction of sp³-hybridized carbons (Fsp3) is 0.600. The Morgan fingerprint density at radius 2 is 1.80 bits per heavy atom. The van der Waals surface area contributed by atoms with E-state index in [0.29, 0.717) is 0 Å². The summed E-state index contributed by atoms with van der Waals surface area (Å²) in [5.41, 5.74) is 0. The third kappa shape index (κ3) is 24.5. The predicted molar refractivity (Wildman–Crippen MR) is 58.0 cm³/mol. The highest BCUT2D eigenvalue weighted by atomic mass is 16.6. The van der Waals surface area contributed by atoms with Gasteiger partial charge in [-0.15, -0.1) is 0 Å². The van der Waals surface area contributed by atoms with E-state index >= 15 is 0 Å². The van der Waals surface area contributed by atoms with Crippen molar-refractivity contribution in [3.63, 3.8) is 0 Å². The van der Waals surface area contributed by atoms with Crippen LogP contribution in [0.25, 0.3) is 0 Å². The van der Waals surface area contributed by atoms with Gasteiger partial charge < -0.3 is 15.5 Å². The van der Waals surface area contributed by atoms with Crippen LogP contribution in [0.15, 0.2) is 12.7 Å². The van der Waals surface area contributed by atoms with Gasteiger partial charge in [-0.1, -0.05) is 32.8 Å². The normalized spacial score (nSPS) is 8.33. The molecule has 3 N–H and O–H groups in total. The molecule has 0 unspecified atom stereocenters. The van der Waals surface area contributed by atoms with Crippen LogP contribution in [0.5, 0.6) is 0 Å². The molecule has 0 fully saturated rings. The molecule has 0 radical (unpaired) electrons. The summed E-state index contributed by atoms with van der Waals surface area (Å²) >= 11 is 0. The van der Waals surface area contributed by atoms with Gasteiger partial charge in [-0.2, -0.15) is 0 Å². The van der Waals surface area contributed by atoms with Crippen molar-refractivity contribution in [2.24, 2.45) is 0 Å². The fourth-order valence-corrected chi connectivity index (χ4v) is 0.836. The van der Waals surface area contributed by atoms with Crippen LogP contribution in [0.2, 0.25) is 0 Å². The second kappa shape index (κ2) is 12.5. The van der Waals surface area contributed by atoms with Crippen molar-refractivity contribution in [2.45, 2.75) is 32.6 Å². The molecule has 1 amide bonds. The zero-order chi connectivity index (χ0) is 12.1. The molecule has 0 aliphatic heterocycles. The van der Waals surface area contributed by atoms with E-state index in [-0.39, 0.29) is 5.91 Å². The molecule has 88 valence electrons. The molecule has 0 atom stereocenters. The van der Waals surface area contributed by atoms with Crippen LogP contribution in [0, 0.1) is 0 Å². The zero-order valence-electron chi connectivity index (χ0n) is 9.03. The zero-order valence-corrected chi connectivity index (χ0v) is 9.03. The van der Waals surface area contributed by atoms with Gasteiger partial charge in [0, 0.05) is 6.54 Å². The van der Waals surface area contributed by atoms with Crippen LogP contribution < -0.4 is 5.32 Å². The van der Waals surface area contributed by atoms with Gasteiger partial charge in [0.05, 0.1) is 0 Å². The van der Waals surface area contributed by atoms with Crippen LogP contribution in [0.1, 0.15) is 32.6 Å². The van der Waals surface area contributed by atoms with Gasteiger partial charge in [-0.05, 0) is 12.5 Å². The van der Waals surface area contributed by atoms with E-state index < -0.39 is 6.16 Å². The number of unbranched alkanes of at least 4 members (excludes halogenated alkanes) is 3. The topological polar surface area (TPSA) is 86.6 Å². The summed E-state index contributed by atoms with van der Waals surface area (Å²) in [5, 5.41) is 16.7. The lowest BCUT2D eigenvalue weighted by Gasteiger charge is -2.00. The van der Waals surface area contributed by atoms with Gasteiger partial charge in [0.15, 0.2) is 0 Å². The van der Waals surface area contributed by atoms with Crippen LogP contribution in [0.4, 0.5) is 4.79 Å². The first-order valence-corrected chi connectivity index (χ1v) is 4.86. The molecular formula is C10H19NO4. The molecule has 0 spiro atoms. The van der Waals surface area contributed by atoms with Crippen LogP contribution in [-0.4, -0.2) is 28.8 Å². The summed E-state index contributed by atoms with van der Waals surface area (Å²) in [6, 6.07) is 0. The second-order valence-electron chi connectivity index (χ2n) is 2.84. The van der Waals surface area contributed by atoms with Gasteiger partial charge in [0.1, 0.15) is 0 Å². The Morgan fingerprint density at radius 1 is 1.27 bits per heavy atom. The monoisotopic (exact) mass is 217 g/mol. The van der Waals surface area contributed by atoms with Crippen LogP contribution in [-0.2, 0) is 4.79 Å². The molecular weight excluding hydrogens is 198 g/mol. The first-order valence-electron chi connectivity index (χ1n) is 4.86. The highest BCUT2D eigenvalue weighted by Crippen LogP contribution is 1.96. The largest absolute Gasteiger partial charge is 0.503 e. The van der Waals surface area contributed by atoms with Crippen molar-refractivity contribution in [1.29, 1.82) is 0 Å². The molecule has 0 bridgehead atoms. The van der Waals surface area contributed by atoms with Gasteiger partial charge >= 0.3 is 6.16 Å². The van der Waals surface area contributed by atoms with Crippen LogP contribution in [0.3, 0.4) is 0 Å². The maximum Gasteiger partial charge on any atom is 0.503 e. The highest BCUT2D eigenvalue weighted by Gasteiger charge is 1.91. The van der Waals surface area contributed by atoms with Crippen molar-refractivity contribution in [3.8, 4) is 0 Å². The Kier molecular flexibility index (Phi) is 13.3. The number of nitrogens with one attached hydrogen (secondary N) is 1. The molecule has 0 saturated heterocycles. The lowest BCUT2D eigenvalue weighted by Crippen LogP contribution is -2.21. The van der Waals surface area contributed by atoms with Gasteiger partial charge in [0.2, 0.25) is 5.91 Å². The smallest absolute Gasteiger partial charge is 0.450 e. The summed E-state index contributed by atoms with van der Waals surface area (Å²) < 4.78 is 0. The molecule has 0 saturated carbocycles. The number of carboxylic acid groups (broad SMARTS) is 2. The maximum absolute atomic E-state index is 10.6. The lowest BCUT2D eigenvalue weighted by atomic mass is 10.2.